The normalized spacial score (nSPS) is 11.8. The van der Waals surface area contributed by atoms with E-state index in [-0.39, 0.29) is 11.3 Å². The van der Waals surface area contributed by atoms with Crippen molar-refractivity contribution in [3.05, 3.63) is 40.9 Å². The summed E-state index contributed by atoms with van der Waals surface area (Å²) in [5, 5.41) is 0.711. The van der Waals surface area contributed by atoms with Crippen LogP contribution in [-0.2, 0) is 9.63 Å². The van der Waals surface area contributed by atoms with Crippen molar-refractivity contribution in [3.63, 3.8) is 0 Å². The number of benzene rings is 1. The minimum absolute atomic E-state index is 0.0351. The Morgan fingerprint density at radius 1 is 1.32 bits per heavy atom. The monoisotopic (exact) mass is 281 g/mol. The highest BCUT2D eigenvalue weighted by atomic mass is 35.5. The van der Waals surface area contributed by atoms with Gasteiger partial charge >= 0.3 is 0 Å². The minimum atomic E-state index is -0.104. The van der Waals surface area contributed by atoms with Gasteiger partial charge in [-0.1, -0.05) is 56.7 Å². The number of carbonyl (C=O) groups is 1. The molecule has 0 saturated heterocycles. The van der Waals surface area contributed by atoms with Crippen molar-refractivity contribution < 1.29 is 9.63 Å². The van der Waals surface area contributed by atoms with Crippen molar-refractivity contribution >= 4 is 23.6 Å². The summed E-state index contributed by atoms with van der Waals surface area (Å²) < 4.78 is 0. The van der Waals surface area contributed by atoms with Gasteiger partial charge in [0.05, 0.1) is 6.61 Å². The Balaban J connectivity index is 2.24. The van der Waals surface area contributed by atoms with Crippen LogP contribution < -0.4 is 5.48 Å². The maximum Gasteiger partial charge on any atom is 0.244 e. The number of hydrogen-bond acceptors (Lipinski definition) is 2. The molecule has 3 nitrogen and oxygen atoms in total. The van der Waals surface area contributed by atoms with Gasteiger partial charge in [-0.05, 0) is 23.1 Å². The standard InChI is InChI=1S/C15H20ClNO2/c1-15(2,3)11-14(18)17-19-10-4-5-12-6-8-13(16)9-7-12/h4-9H,10-11H2,1-3H3,(H,17,18)/b5-4+. The number of nitrogens with one attached hydrogen (secondary N) is 1. The molecule has 19 heavy (non-hydrogen) atoms. The lowest BCUT2D eigenvalue weighted by molar-refractivity contribution is -0.134. The number of amides is 1. The van der Waals surface area contributed by atoms with E-state index in [9.17, 15) is 4.79 Å². The highest BCUT2D eigenvalue weighted by Crippen LogP contribution is 2.17. The Kier molecular flexibility index (Phi) is 6.06. The molecule has 0 aliphatic rings. The van der Waals surface area contributed by atoms with E-state index in [1.165, 1.54) is 0 Å². The number of hydrogen-bond donors (Lipinski definition) is 1. The van der Waals surface area contributed by atoms with Gasteiger partial charge in [-0.3, -0.25) is 9.63 Å². The summed E-state index contributed by atoms with van der Waals surface area (Å²) in [7, 11) is 0. The lowest BCUT2D eigenvalue weighted by Gasteiger charge is -2.16. The van der Waals surface area contributed by atoms with Gasteiger partial charge in [0.15, 0.2) is 0 Å². The molecule has 4 heteroatoms. The van der Waals surface area contributed by atoms with E-state index >= 15 is 0 Å². The molecule has 0 bridgehead atoms. The van der Waals surface area contributed by atoms with Gasteiger partial charge < -0.3 is 0 Å². The highest BCUT2D eigenvalue weighted by molar-refractivity contribution is 6.30. The molecule has 0 spiro atoms. The molecule has 0 radical (unpaired) electrons. The molecule has 0 atom stereocenters. The summed E-state index contributed by atoms with van der Waals surface area (Å²) in [6.45, 7) is 6.35. The molecule has 0 aliphatic carbocycles. The first-order chi connectivity index (χ1) is 8.87. The number of carbonyl (C=O) groups excluding carboxylic acids is 1. The number of hydroxylamine groups is 1. The minimum Gasteiger partial charge on any atom is -0.273 e. The number of halogens is 1. The van der Waals surface area contributed by atoms with E-state index in [2.05, 4.69) is 5.48 Å². The summed E-state index contributed by atoms with van der Waals surface area (Å²) in [6.07, 6.45) is 4.18. The molecular formula is C15H20ClNO2. The molecule has 0 heterocycles. The Labute approximate surface area is 119 Å². The summed E-state index contributed by atoms with van der Waals surface area (Å²) in [4.78, 5) is 16.5. The van der Waals surface area contributed by atoms with E-state index in [1.54, 1.807) is 0 Å². The second kappa shape index (κ2) is 7.31. The molecule has 0 unspecified atom stereocenters. The Morgan fingerprint density at radius 2 is 1.95 bits per heavy atom. The van der Waals surface area contributed by atoms with Crippen molar-refractivity contribution in [2.45, 2.75) is 27.2 Å². The fraction of sp³-hybridized carbons (Fsp3) is 0.400. The average Bonchev–Trinajstić information content (AvgIpc) is 2.29. The van der Waals surface area contributed by atoms with Crippen molar-refractivity contribution in [1.29, 1.82) is 0 Å². The van der Waals surface area contributed by atoms with Gasteiger partial charge in [-0.15, -0.1) is 0 Å². The number of rotatable bonds is 5. The largest absolute Gasteiger partial charge is 0.273 e. The summed E-state index contributed by atoms with van der Waals surface area (Å²) in [5.41, 5.74) is 3.42. The van der Waals surface area contributed by atoms with E-state index < -0.39 is 0 Å². The molecule has 1 aromatic carbocycles. The molecule has 1 N–H and O–H groups in total. The first kappa shape index (κ1) is 15.7. The molecular weight excluding hydrogens is 262 g/mol. The third-order valence-corrected chi connectivity index (χ3v) is 2.49. The van der Waals surface area contributed by atoms with Crippen LogP contribution in [0.4, 0.5) is 0 Å². The molecule has 0 saturated carbocycles. The van der Waals surface area contributed by atoms with Crippen LogP contribution in [0.25, 0.3) is 6.08 Å². The third kappa shape index (κ3) is 7.65. The maximum absolute atomic E-state index is 11.5. The first-order valence-corrected chi connectivity index (χ1v) is 6.57. The summed E-state index contributed by atoms with van der Waals surface area (Å²) in [6, 6.07) is 7.48. The van der Waals surface area contributed by atoms with E-state index in [1.807, 2.05) is 57.2 Å². The lowest BCUT2D eigenvalue weighted by Crippen LogP contribution is -2.27. The van der Waals surface area contributed by atoms with Crippen molar-refractivity contribution in [1.82, 2.24) is 5.48 Å². The van der Waals surface area contributed by atoms with Crippen LogP contribution in [0.5, 0.6) is 0 Å². The fourth-order valence-electron chi connectivity index (χ4n) is 1.45. The topological polar surface area (TPSA) is 38.3 Å². The first-order valence-electron chi connectivity index (χ1n) is 6.19. The Bertz CT molecular complexity index is 432. The predicted octanol–water partition coefficient (Wildman–Crippen LogP) is 3.84. The smallest absolute Gasteiger partial charge is 0.244 e. The lowest BCUT2D eigenvalue weighted by atomic mass is 9.92. The van der Waals surface area contributed by atoms with Gasteiger partial charge in [0.1, 0.15) is 0 Å². The van der Waals surface area contributed by atoms with Gasteiger partial charge in [-0.2, -0.15) is 0 Å². The van der Waals surface area contributed by atoms with E-state index in [4.69, 9.17) is 16.4 Å². The maximum atomic E-state index is 11.5. The second-order valence-electron chi connectivity index (χ2n) is 5.53. The van der Waals surface area contributed by atoms with Crippen LogP contribution in [0, 0.1) is 5.41 Å². The van der Waals surface area contributed by atoms with Crippen LogP contribution >= 0.6 is 11.6 Å². The third-order valence-electron chi connectivity index (χ3n) is 2.24. The second-order valence-corrected chi connectivity index (χ2v) is 5.96. The van der Waals surface area contributed by atoms with Gasteiger partial charge in [0.2, 0.25) is 5.91 Å². The van der Waals surface area contributed by atoms with Crippen LogP contribution in [0.1, 0.15) is 32.8 Å². The zero-order valence-corrected chi connectivity index (χ0v) is 12.3. The van der Waals surface area contributed by atoms with Crippen LogP contribution in [0.3, 0.4) is 0 Å². The van der Waals surface area contributed by atoms with E-state index in [0.717, 1.165) is 5.56 Å². The molecule has 104 valence electrons. The Morgan fingerprint density at radius 3 is 2.53 bits per heavy atom. The molecule has 0 fully saturated rings. The van der Waals surface area contributed by atoms with Crippen molar-refractivity contribution in [3.8, 4) is 0 Å². The quantitative estimate of drug-likeness (QED) is 0.658. The average molecular weight is 282 g/mol. The molecule has 1 rings (SSSR count). The van der Waals surface area contributed by atoms with Crippen LogP contribution in [0.2, 0.25) is 5.02 Å². The molecule has 0 aromatic heterocycles. The fourth-order valence-corrected chi connectivity index (χ4v) is 1.57. The van der Waals surface area contributed by atoms with Crippen molar-refractivity contribution in [2.24, 2.45) is 5.41 Å². The van der Waals surface area contributed by atoms with Crippen LogP contribution in [0.15, 0.2) is 30.3 Å². The van der Waals surface area contributed by atoms with Gasteiger partial charge in [0.25, 0.3) is 0 Å². The zero-order valence-electron chi connectivity index (χ0n) is 11.6. The van der Waals surface area contributed by atoms with Crippen LogP contribution in [-0.4, -0.2) is 12.5 Å². The summed E-state index contributed by atoms with van der Waals surface area (Å²) in [5.74, 6) is -0.104. The molecule has 1 aromatic rings. The van der Waals surface area contributed by atoms with E-state index in [0.29, 0.717) is 18.1 Å². The van der Waals surface area contributed by atoms with Gasteiger partial charge in [-0.25, -0.2) is 5.48 Å². The highest BCUT2D eigenvalue weighted by Gasteiger charge is 2.15. The molecule has 0 aliphatic heterocycles. The van der Waals surface area contributed by atoms with Gasteiger partial charge in [0, 0.05) is 11.4 Å². The zero-order chi connectivity index (χ0) is 14.3. The molecule has 1 amide bonds. The summed E-state index contributed by atoms with van der Waals surface area (Å²) >= 11 is 5.79. The SMILES string of the molecule is CC(C)(C)CC(=O)NOC/C=C/c1ccc(Cl)cc1. The van der Waals surface area contributed by atoms with Crippen molar-refractivity contribution in [2.75, 3.05) is 6.61 Å². The predicted molar refractivity (Wildman–Crippen MR) is 78.7 cm³/mol. The Hall–Kier alpha value is -1.32.